The van der Waals surface area contributed by atoms with E-state index in [0.717, 1.165) is 5.56 Å². The minimum Gasteiger partial charge on any atom is -0.453 e. The third kappa shape index (κ3) is 2.92. The van der Waals surface area contributed by atoms with Crippen molar-refractivity contribution in [3.63, 3.8) is 0 Å². The second-order valence-electron chi connectivity index (χ2n) is 7.63. The predicted octanol–water partition coefficient (Wildman–Crippen LogP) is 3.90. The number of nitrogens with zero attached hydrogens (tertiary/aromatic N) is 2. The zero-order valence-corrected chi connectivity index (χ0v) is 17.4. The van der Waals surface area contributed by atoms with Gasteiger partial charge in [-0.25, -0.2) is 9.78 Å². The van der Waals surface area contributed by atoms with Crippen molar-refractivity contribution in [1.82, 2.24) is 9.97 Å². The molecule has 0 spiro atoms. The molecule has 1 atom stereocenters. The number of anilines is 2. The first-order chi connectivity index (χ1) is 15.4. The minimum absolute atomic E-state index is 0.217. The van der Waals surface area contributed by atoms with Gasteiger partial charge in [0.2, 0.25) is 5.95 Å². The lowest BCUT2D eigenvalue weighted by Crippen LogP contribution is -2.45. The van der Waals surface area contributed by atoms with Crippen molar-refractivity contribution < 1.29 is 19.4 Å². The van der Waals surface area contributed by atoms with Crippen LogP contribution in [0.25, 0.3) is 11.0 Å². The summed E-state index contributed by atoms with van der Waals surface area (Å²) in [6.07, 6.45) is -0.649. The third-order valence-corrected chi connectivity index (χ3v) is 5.64. The van der Waals surface area contributed by atoms with Gasteiger partial charge in [0, 0.05) is 22.4 Å². The Kier molecular flexibility index (Phi) is 4.45. The van der Waals surface area contributed by atoms with Crippen LogP contribution in [-0.2, 0) is 10.5 Å². The molecule has 8 nitrogen and oxygen atoms in total. The number of carbonyl (C=O) groups is 2. The highest BCUT2D eigenvalue weighted by Gasteiger charge is 2.50. The van der Waals surface area contributed by atoms with Gasteiger partial charge in [0.05, 0.1) is 18.1 Å². The molecule has 0 saturated heterocycles. The third-order valence-electron chi connectivity index (χ3n) is 5.64. The summed E-state index contributed by atoms with van der Waals surface area (Å²) in [6.45, 7) is 1.96. The van der Waals surface area contributed by atoms with Crippen molar-refractivity contribution in [3.8, 4) is 0 Å². The molecule has 0 aliphatic carbocycles. The number of aromatic nitrogens is 2. The summed E-state index contributed by atoms with van der Waals surface area (Å²) in [5, 5.41) is 14.6. The molecule has 2 heterocycles. The maximum absolute atomic E-state index is 13.4. The number of aryl methyl sites for hydroxylation is 1. The van der Waals surface area contributed by atoms with Crippen LogP contribution >= 0.6 is 0 Å². The lowest BCUT2D eigenvalue weighted by molar-refractivity contribution is 0.0704. The van der Waals surface area contributed by atoms with E-state index in [1.54, 1.807) is 42.5 Å². The summed E-state index contributed by atoms with van der Waals surface area (Å²) < 4.78 is 4.60. The van der Waals surface area contributed by atoms with E-state index in [1.807, 2.05) is 31.2 Å². The van der Waals surface area contributed by atoms with Gasteiger partial charge in [0.1, 0.15) is 0 Å². The van der Waals surface area contributed by atoms with E-state index in [4.69, 9.17) is 0 Å². The number of benzene rings is 3. The highest BCUT2D eigenvalue weighted by Crippen LogP contribution is 2.45. The molecule has 1 aliphatic rings. The van der Waals surface area contributed by atoms with Crippen molar-refractivity contribution in [1.29, 1.82) is 0 Å². The fraction of sp³-hybridized carbons (Fsp3) is 0.125. The molecule has 1 aliphatic heterocycles. The number of aromatic amines is 1. The average Bonchev–Trinajstić information content (AvgIpc) is 3.30. The predicted molar refractivity (Wildman–Crippen MR) is 120 cm³/mol. The lowest BCUT2D eigenvalue weighted by Gasteiger charge is -2.35. The quantitative estimate of drug-likeness (QED) is 0.459. The number of fused-ring (bicyclic) bond motifs is 2. The molecule has 4 aromatic rings. The van der Waals surface area contributed by atoms with Gasteiger partial charge in [-0.1, -0.05) is 42.0 Å². The number of rotatable bonds is 3. The first-order valence-electron chi connectivity index (χ1n) is 10.00. The van der Waals surface area contributed by atoms with Gasteiger partial charge >= 0.3 is 6.09 Å². The van der Waals surface area contributed by atoms with Crippen LogP contribution in [0.5, 0.6) is 0 Å². The molecule has 160 valence electrons. The van der Waals surface area contributed by atoms with E-state index in [-0.39, 0.29) is 11.9 Å². The van der Waals surface area contributed by atoms with Gasteiger partial charge in [0.15, 0.2) is 5.72 Å². The Balaban J connectivity index is 1.67. The Morgan fingerprint density at radius 1 is 1.12 bits per heavy atom. The molecule has 0 bridgehead atoms. The number of H-pyrrole nitrogens is 1. The average molecular weight is 428 g/mol. The molecule has 2 amide bonds. The molecule has 0 fully saturated rings. The van der Waals surface area contributed by atoms with E-state index in [9.17, 15) is 14.7 Å². The molecular formula is C24H20N4O4. The van der Waals surface area contributed by atoms with E-state index < -0.39 is 11.8 Å². The summed E-state index contributed by atoms with van der Waals surface area (Å²) >= 11 is 0. The first kappa shape index (κ1) is 19.8. The lowest BCUT2D eigenvalue weighted by atomic mass is 9.93. The highest BCUT2D eigenvalue weighted by molar-refractivity contribution is 6.12. The van der Waals surface area contributed by atoms with E-state index in [2.05, 4.69) is 20.0 Å². The van der Waals surface area contributed by atoms with Gasteiger partial charge < -0.3 is 14.8 Å². The molecule has 32 heavy (non-hydrogen) atoms. The number of aliphatic hydroxyl groups is 1. The van der Waals surface area contributed by atoms with Gasteiger partial charge in [0.25, 0.3) is 5.91 Å². The standard InChI is InChI=1S/C24H20N4O4/c1-14-7-10-16(11-8-14)28-21(29)17-5-3-4-6-18(17)24(28,31)15-9-12-19-20(13-15)26-22(25-19)27-23(30)32-2/h3-13,31H,1-2H3,(H2,25,26,27,30). The van der Waals surface area contributed by atoms with Gasteiger partial charge in [-0.3, -0.25) is 15.0 Å². The summed E-state index contributed by atoms with van der Waals surface area (Å²) in [5.74, 6) is -0.0728. The van der Waals surface area contributed by atoms with Gasteiger partial charge in [-0.2, -0.15) is 0 Å². The number of amides is 2. The van der Waals surface area contributed by atoms with Crippen LogP contribution in [0.15, 0.2) is 66.7 Å². The fourth-order valence-electron chi connectivity index (χ4n) is 4.07. The summed E-state index contributed by atoms with van der Waals surface area (Å²) in [5.41, 5.74) is 2.47. The smallest absolute Gasteiger partial charge is 0.413 e. The van der Waals surface area contributed by atoms with Gasteiger partial charge in [-0.15, -0.1) is 0 Å². The van der Waals surface area contributed by atoms with Crippen LogP contribution in [0.3, 0.4) is 0 Å². The number of hydrogen-bond donors (Lipinski definition) is 3. The number of carbonyl (C=O) groups excluding carboxylic acids is 2. The fourth-order valence-corrected chi connectivity index (χ4v) is 4.07. The molecule has 1 unspecified atom stereocenters. The molecule has 3 aromatic carbocycles. The van der Waals surface area contributed by atoms with Crippen molar-refractivity contribution in [2.24, 2.45) is 0 Å². The minimum atomic E-state index is -1.73. The second-order valence-corrected chi connectivity index (χ2v) is 7.63. The molecule has 0 saturated carbocycles. The maximum Gasteiger partial charge on any atom is 0.413 e. The van der Waals surface area contributed by atoms with Crippen LogP contribution in [0.1, 0.15) is 27.0 Å². The largest absolute Gasteiger partial charge is 0.453 e. The van der Waals surface area contributed by atoms with E-state index in [1.165, 1.54) is 12.0 Å². The van der Waals surface area contributed by atoms with Crippen molar-refractivity contribution in [3.05, 3.63) is 89.0 Å². The molecule has 5 rings (SSSR count). The summed E-state index contributed by atoms with van der Waals surface area (Å²) in [7, 11) is 1.26. The molecular weight excluding hydrogens is 408 g/mol. The van der Waals surface area contributed by atoms with Crippen molar-refractivity contribution in [2.75, 3.05) is 17.3 Å². The molecule has 8 heteroatoms. The normalized spacial score (nSPS) is 17.5. The zero-order valence-electron chi connectivity index (χ0n) is 17.4. The van der Waals surface area contributed by atoms with E-state index in [0.29, 0.717) is 33.4 Å². The Hall–Kier alpha value is -4.17. The topological polar surface area (TPSA) is 108 Å². The number of imidazole rings is 1. The van der Waals surface area contributed by atoms with Crippen LogP contribution in [0.2, 0.25) is 0 Å². The SMILES string of the molecule is COC(=O)Nc1nc2cc(C3(O)c4ccccc4C(=O)N3c3ccc(C)cc3)ccc2[nH]1. The Bertz CT molecular complexity index is 1360. The molecule has 3 N–H and O–H groups in total. The Morgan fingerprint density at radius 2 is 1.88 bits per heavy atom. The van der Waals surface area contributed by atoms with Crippen LogP contribution < -0.4 is 10.2 Å². The van der Waals surface area contributed by atoms with Crippen molar-refractivity contribution >= 4 is 34.7 Å². The second kappa shape index (κ2) is 7.21. The first-order valence-corrected chi connectivity index (χ1v) is 10.00. The number of methoxy groups -OCH3 is 1. The Morgan fingerprint density at radius 3 is 2.62 bits per heavy atom. The van der Waals surface area contributed by atoms with Crippen LogP contribution in [0, 0.1) is 6.92 Å². The monoisotopic (exact) mass is 428 g/mol. The number of nitrogens with one attached hydrogen (secondary N) is 2. The van der Waals surface area contributed by atoms with Crippen LogP contribution in [-0.4, -0.2) is 34.2 Å². The summed E-state index contributed by atoms with van der Waals surface area (Å²) in [4.78, 5) is 33.6. The van der Waals surface area contributed by atoms with Gasteiger partial charge in [-0.05, 0) is 37.3 Å². The number of ether oxygens (including phenoxy) is 1. The van der Waals surface area contributed by atoms with Crippen molar-refractivity contribution in [2.45, 2.75) is 12.6 Å². The summed E-state index contributed by atoms with van der Waals surface area (Å²) in [6, 6.07) is 19.6. The molecule has 0 radical (unpaired) electrons. The molecule has 1 aromatic heterocycles. The zero-order chi connectivity index (χ0) is 22.5. The van der Waals surface area contributed by atoms with E-state index >= 15 is 0 Å². The number of hydrogen-bond acceptors (Lipinski definition) is 5. The van der Waals surface area contributed by atoms with Crippen LogP contribution in [0.4, 0.5) is 16.4 Å². The Labute approximate surface area is 183 Å². The maximum atomic E-state index is 13.4. The highest BCUT2D eigenvalue weighted by atomic mass is 16.5.